The van der Waals surface area contributed by atoms with Gasteiger partial charge in [0, 0.05) is 6.92 Å². The lowest BCUT2D eigenvalue weighted by molar-refractivity contribution is 0.199. The van der Waals surface area contributed by atoms with E-state index in [1.54, 1.807) is 26.0 Å². The maximum atomic E-state index is 9.35. The van der Waals surface area contributed by atoms with E-state index in [2.05, 4.69) is 10.2 Å². The van der Waals surface area contributed by atoms with E-state index < -0.39 is 6.10 Å². The zero-order valence-corrected chi connectivity index (χ0v) is 9.75. The molecule has 1 aromatic heterocycles. The van der Waals surface area contributed by atoms with Crippen LogP contribution in [0.2, 0.25) is 0 Å². The third-order valence-electron chi connectivity index (χ3n) is 2.29. The van der Waals surface area contributed by atoms with E-state index in [0.29, 0.717) is 17.5 Å². The molecule has 2 rings (SSSR count). The van der Waals surface area contributed by atoms with Crippen molar-refractivity contribution >= 4 is 0 Å². The number of hydrogen-bond acceptors (Lipinski definition) is 5. The first-order valence-corrected chi connectivity index (χ1v) is 5.35. The molecule has 0 aliphatic heterocycles. The Morgan fingerprint density at radius 3 is 2.53 bits per heavy atom. The van der Waals surface area contributed by atoms with Gasteiger partial charge in [0.2, 0.25) is 5.89 Å². The number of nitrogens with zero attached hydrogens (tertiary/aromatic N) is 2. The first-order chi connectivity index (χ1) is 8.15. The molecule has 0 aliphatic carbocycles. The molecule has 1 aromatic carbocycles. The second-order valence-electron chi connectivity index (χ2n) is 3.75. The summed E-state index contributed by atoms with van der Waals surface area (Å²) in [6.45, 7) is 3.69. The van der Waals surface area contributed by atoms with Gasteiger partial charge in [-0.3, -0.25) is 0 Å². The number of aromatic nitrogens is 2. The minimum Gasteiger partial charge on any atom is -0.484 e. The summed E-state index contributed by atoms with van der Waals surface area (Å²) < 4.78 is 10.6. The molecular weight excluding hydrogens is 220 g/mol. The van der Waals surface area contributed by atoms with Gasteiger partial charge < -0.3 is 14.3 Å². The monoisotopic (exact) mass is 234 g/mol. The zero-order valence-electron chi connectivity index (χ0n) is 9.75. The van der Waals surface area contributed by atoms with Crippen LogP contribution in [-0.2, 0) is 6.61 Å². The van der Waals surface area contributed by atoms with Crippen LogP contribution in [0.5, 0.6) is 5.75 Å². The average molecular weight is 234 g/mol. The van der Waals surface area contributed by atoms with Crippen LogP contribution < -0.4 is 4.74 Å². The van der Waals surface area contributed by atoms with E-state index in [9.17, 15) is 5.11 Å². The maximum absolute atomic E-state index is 9.35. The number of benzene rings is 1. The Labute approximate surface area is 99.1 Å². The van der Waals surface area contributed by atoms with Crippen LogP contribution in [0.4, 0.5) is 0 Å². The molecule has 0 bridgehead atoms. The Balaban J connectivity index is 1.95. The van der Waals surface area contributed by atoms with Crippen LogP contribution in [0.3, 0.4) is 0 Å². The molecule has 5 heteroatoms. The highest BCUT2D eigenvalue weighted by Gasteiger charge is 2.04. The van der Waals surface area contributed by atoms with E-state index in [4.69, 9.17) is 9.15 Å². The first-order valence-electron chi connectivity index (χ1n) is 5.35. The molecule has 0 saturated heterocycles. The lowest BCUT2D eigenvalue weighted by Crippen LogP contribution is -1.96. The number of ether oxygens (including phenoxy) is 1. The molecule has 0 aliphatic rings. The van der Waals surface area contributed by atoms with Gasteiger partial charge in [0.15, 0.2) is 6.61 Å². The SMILES string of the molecule is Cc1nnc(COc2ccc([C@@H](C)O)cc2)o1. The second kappa shape index (κ2) is 4.97. The van der Waals surface area contributed by atoms with Crippen molar-refractivity contribution in [1.29, 1.82) is 0 Å². The molecule has 5 nitrogen and oxygen atoms in total. The lowest BCUT2D eigenvalue weighted by Gasteiger charge is -2.06. The highest BCUT2D eigenvalue weighted by molar-refractivity contribution is 5.28. The zero-order chi connectivity index (χ0) is 12.3. The van der Waals surface area contributed by atoms with Gasteiger partial charge in [0.05, 0.1) is 6.10 Å². The van der Waals surface area contributed by atoms with Gasteiger partial charge in [0.25, 0.3) is 5.89 Å². The van der Waals surface area contributed by atoms with E-state index in [1.165, 1.54) is 0 Å². The molecule has 17 heavy (non-hydrogen) atoms. The Kier molecular flexibility index (Phi) is 3.39. The Bertz CT molecular complexity index is 477. The summed E-state index contributed by atoms with van der Waals surface area (Å²) in [6.07, 6.45) is -0.470. The van der Waals surface area contributed by atoms with Gasteiger partial charge in [-0.05, 0) is 24.6 Å². The summed E-state index contributed by atoms with van der Waals surface area (Å²) in [5.41, 5.74) is 0.853. The van der Waals surface area contributed by atoms with Crippen molar-refractivity contribution in [3.05, 3.63) is 41.6 Å². The molecule has 1 atom stereocenters. The predicted molar refractivity (Wildman–Crippen MR) is 60.4 cm³/mol. The molecule has 90 valence electrons. The van der Waals surface area contributed by atoms with E-state index in [-0.39, 0.29) is 6.61 Å². The minimum absolute atomic E-state index is 0.245. The van der Waals surface area contributed by atoms with Crippen LogP contribution in [0, 0.1) is 6.92 Å². The predicted octanol–water partition coefficient (Wildman–Crippen LogP) is 2.01. The van der Waals surface area contributed by atoms with Gasteiger partial charge >= 0.3 is 0 Å². The molecule has 0 saturated carbocycles. The first kappa shape index (κ1) is 11.6. The topological polar surface area (TPSA) is 68.4 Å². The maximum Gasteiger partial charge on any atom is 0.253 e. The van der Waals surface area contributed by atoms with Crippen molar-refractivity contribution < 1.29 is 14.3 Å². The van der Waals surface area contributed by atoms with Crippen molar-refractivity contribution in [2.45, 2.75) is 26.6 Å². The van der Waals surface area contributed by atoms with Crippen molar-refractivity contribution in [1.82, 2.24) is 10.2 Å². The quantitative estimate of drug-likeness (QED) is 0.876. The number of aliphatic hydroxyl groups is 1. The highest BCUT2D eigenvalue weighted by atomic mass is 16.5. The van der Waals surface area contributed by atoms with Gasteiger partial charge in [-0.2, -0.15) is 0 Å². The molecule has 0 unspecified atom stereocenters. The summed E-state index contributed by atoms with van der Waals surface area (Å²) in [5.74, 6) is 1.67. The van der Waals surface area contributed by atoms with Gasteiger partial charge in [-0.1, -0.05) is 12.1 Å². The summed E-state index contributed by atoms with van der Waals surface area (Å²) in [4.78, 5) is 0. The lowest BCUT2D eigenvalue weighted by atomic mass is 10.1. The molecular formula is C12H14N2O3. The highest BCUT2D eigenvalue weighted by Crippen LogP contribution is 2.18. The number of aryl methyl sites for hydroxylation is 1. The Hall–Kier alpha value is -1.88. The number of rotatable bonds is 4. The fraction of sp³-hybridized carbons (Fsp3) is 0.333. The average Bonchev–Trinajstić information content (AvgIpc) is 2.73. The van der Waals surface area contributed by atoms with Crippen molar-refractivity contribution in [2.24, 2.45) is 0 Å². The summed E-state index contributed by atoms with van der Waals surface area (Å²) in [5, 5.41) is 16.9. The summed E-state index contributed by atoms with van der Waals surface area (Å²) in [6, 6.07) is 7.23. The molecule has 1 heterocycles. The molecule has 0 radical (unpaired) electrons. The molecule has 1 N–H and O–H groups in total. The molecule has 0 amide bonds. The fourth-order valence-electron chi connectivity index (χ4n) is 1.38. The van der Waals surface area contributed by atoms with Gasteiger partial charge in [-0.25, -0.2) is 0 Å². The fourth-order valence-corrected chi connectivity index (χ4v) is 1.38. The molecule has 2 aromatic rings. The largest absolute Gasteiger partial charge is 0.484 e. The van der Waals surface area contributed by atoms with Crippen molar-refractivity contribution in [3.8, 4) is 5.75 Å². The molecule has 0 fully saturated rings. The Morgan fingerprint density at radius 1 is 1.29 bits per heavy atom. The van der Waals surface area contributed by atoms with Crippen LogP contribution in [0.25, 0.3) is 0 Å². The standard InChI is InChI=1S/C12H14N2O3/c1-8(15)10-3-5-11(6-4-10)16-7-12-14-13-9(2)17-12/h3-6,8,15H,7H2,1-2H3/t8-/m1/s1. The third-order valence-corrected chi connectivity index (χ3v) is 2.29. The van der Waals surface area contributed by atoms with Crippen LogP contribution in [-0.4, -0.2) is 15.3 Å². The minimum atomic E-state index is -0.470. The van der Waals surface area contributed by atoms with Gasteiger partial charge in [-0.15, -0.1) is 10.2 Å². The van der Waals surface area contributed by atoms with E-state index in [1.807, 2.05) is 12.1 Å². The summed E-state index contributed by atoms with van der Waals surface area (Å²) >= 11 is 0. The number of hydrogen-bond donors (Lipinski definition) is 1. The Morgan fingerprint density at radius 2 is 2.00 bits per heavy atom. The molecule has 0 spiro atoms. The summed E-state index contributed by atoms with van der Waals surface area (Å²) in [7, 11) is 0. The van der Waals surface area contributed by atoms with Crippen LogP contribution >= 0.6 is 0 Å². The van der Waals surface area contributed by atoms with E-state index in [0.717, 1.165) is 5.56 Å². The van der Waals surface area contributed by atoms with Crippen molar-refractivity contribution in [2.75, 3.05) is 0 Å². The number of aliphatic hydroxyl groups excluding tert-OH is 1. The van der Waals surface area contributed by atoms with Gasteiger partial charge in [0.1, 0.15) is 5.75 Å². The van der Waals surface area contributed by atoms with E-state index >= 15 is 0 Å². The van der Waals surface area contributed by atoms with Crippen LogP contribution in [0.15, 0.2) is 28.7 Å². The second-order valence-corrected chi connectivity index (χ2v) is 3.75. The smallest absolute Gasteiger partial charge is 0.253 e. The van der Waals surface area contributed by atoms with Crippen LogP contribution in [0.1, 0.15) is 30.4 Å². The normalized spacial score (nSPS) is 12.4. The van der Waals surface area contributed by atoms with Crippen molar-refractivity contribution in [3.63, 3.8) is 0 Å². The third kappa shape index (κ3) is 3.04.